The first-order chi connectivity index (χ1) is 11.6. The van der Waals surface area contributed by atoms with Crippen molar-refractivity contribution in [2.24, 2.45) is 10.9 Å². The minimum atomic E-state index is -2.81. The lowest BCUT2D eigenvalue weighted by Crippen LogP contribution is -2.53. The molecule has 1 aromatic carbocycles. The molecule has 24 heavy (non-hydrogen) atoms. The molecule has 0 spiro atoms. The molecule has 0 aromatic heterocycles. The van der Waals surface area contributed by atoms with Gasteiger partial charge in [-0.05, 0) is 24.5 Å². The lowest BCUT2D eigenvalue weighted by atomic mass is 10.1. The highest BCUT2D eigenvalue weighted by atomic mass is 32.2. The Labute approximate surface area is 144 Å². The molecule has 1 aromatic rings. The predicted molar refractivity (Wildman–Crippen MR) is 98.4 cm³/mol. The molecule has 2 aliphatic heterocycles. The van der Waals surface area contributed by atoms with E-state index in [0.717, 1.165) is 38.6 Å². The van der Waals surface area contributed by atoms with E-state index in [-0.39, 0.29) is 5.92 Å². The maximum atomic E-state index is 11.6. The average molecular weight is 350 g/mol. The van der Waals surface area contributed by atoms with Crippen molar-refractivity contribution in [2.75, 3.05) is 56.2 Å². The van der Waals surface area contributed by atoms with Crippen molar-refractivity contribution >= 4 is 21.5 Å². The van der Waals surface area contributed by atoms with E-state index in [1.54, 1.807) is 7.05 Å². The zero-order valence-electron chi connectivity index (χ0n) is 14.2. The number of piperazine rings is 1. The summed E-state index contributed by atoms with van der Waals surface area (Å²) >= 11 is 0. The van der Waals surface area contributed by atoms with Crippen molar-refractivity contribution in [1.29, 1.82) is 0 Å². The highest BCUT2D eigenvalue weighted by Gasteiger charge is 2.28. The van der Waals surface area contributed by atoms with Crippen molar-refractivity contribution in [3.8, 4) is 0 Å². The molecule has 7 heteroatoms. The topological polar surface area (TPSA) is 65.0 Å². The number of benzene rings is 1. The second-order valence-electron chi connectivity index (χ2n) is 6.51. The number of hydrogen-bond donors (Lipinski definition) is 1. The first-order valence-electron chi connectivity index (χ1n) is 8.53. The number of nitrogens with zero attached hydrogens (tertiary/aromatic N) is 3. The summed E-state index contributed by atoms with van der Waals surface area (Å²) in [6.07, 6.45) is 0.758. The van der Waals surface area contributed by atoms with Gasteiger partial charge < -0.3 is 15.1 Å². The quantitative estimate of drug-likeness (QED) is 0.646. The van der Waals surface area contributed by atoms with Crippen LogP contribution in [0.5, 0.6) is 0 Å². The molecule has 1 unspecified atom stereocenters. The Bertz CT molecular complexity index is 667. The molecule has 0 saturated carbocycles. The van der Waals surface area contributed by atoms with Crippen molar-refractivity contribution in [1.82, 2.24) is 10.2 Å². The van der Waals surface area contributed by atoms with Gasteiger partial charge in [0.15, 0.2) is 15.8 Å². The van der Waals surface area contributed by atoms with E-state index in [9.17, 15) is 8.42 Å². The third-order valence-electron chi connectivity index (χ3n) is 4.79. The van der Waals surface area contributed by atoms with Crippen LogP contribution in [0.4, 0.5) is 5.69 Å². The smallest absolute Gasteiger partial charge is 0.193 e. The second-order valence-corrected chi connectivity index (χ2v) is 8.74. The van der Waals surface area contributed by atoms with Gasteiger partial charge in [0.25, 0.3) is 0 Å². The van der Waals surface area contributed by atoms with Gasteiger partial charge in [-0.15, -0.1) is 0 Å². The molecule has 1 atom stereocenters. The molecule has 2 saturated heterocycles. The van der Waals surface area contributed by atoms with Crippen LogP contribution >= 0.6 is 0 Å². The monoisotopic (exact) mass is 350 g/mol. The summed E-state index contributed by atoms with van der Waals surface area (Å²) in [5.41, 5.74) is 1.26. The number of anilines is 1. The molecule has 132 valence electrons. The Morgan fingerprint density at radius 1 is 1.21 bits per heavy atom. The number of sulfone groups is 1. The lowest BCUT2D eigenvalue weighted by molar-refractivity contribution is 0.369. The first kappa shape index (κ1) is 17.1. The van der Waals surface area contributed by atoms with Gasteiger partial charge in [-0.3, -0.25) is 4.99 Å². The first-order valence-corrected chi connectivity index (χ1v) is 10.4. The van der Waals surface area contributed by atoms with Crippen LogP contribution in [0.3, 0.4) is 0 Å². The van der Waals surface area contributed by atoms with Gasteiger partial charge in [0, 0.05) is 45.5 Å². The van der Waals surface area contributed by atoms with E-state index >= 15 is 0 Å². The highest BCUT2D eigenvalue weighted by Crippen LogP contribution is 2.18. The van der Waals surface area contributed by atoms with E-state index in [1.807, 2.05) is 6.07 Å². The minimum absolute atomic E-state index is 0.206. The van der Waals surface area contributed by atoms with Crippen molar-refractivity contribution in [3.63, 3.8) is 0 Å². The standard InChI is InChI=1S/C17H26N4O2S/c1-18-17(19-13-15-7-12-24(22,23)14-15)21-10-8-20(9-11-21)16-5-3-2-4-6-16/h2-6,15H,7-14H2,1H3,(H,18,19). The van der Waals surface area contributed by atoms with Crippen LogP contribution in [-0.4, -0.2) is 70.6 Å². The van der Waals surface area contributed by atoms with E-state index in [4.69, 9.17) is 0 Å². The molecule has 6 nitrogen and oxygen atoms in total. The Balaban J connectivity index is 1.49. The van der Waals surface area contributed by atoms with E-state index in [0.29, 0.717) is 18.1 Å². The summed E-state index contributed by atoms with van der Waals surface area (Å²) in [6.45, 7) is 4.44. The third-order valence-corrected chi connectivity index (χ3v) is 6.62. The van der Waals surface area contributed by atoms with Crippen molar-refractivity contribution in [3.05, 3.63) is 30.3 Å². The second kappa shape index (κ2) is 7.42. The molecule has 0 radical (unpaired) electrons. The Morgan fingerprint density at radius 2 is 1.92 bits per heavy atom. The third kappa shape index (κ3) is 4.20. The Hall–Kier alpha value is -1.76. The molecular weight excluding hydrogens is 324 g/mol. The highest BCUT2D eigenvalue weighted by molar-refractivity contribution is 7.91. The van der Waals surface area contributed by atoms with Gasteiger partial charge in [0.1, 0.15) is 0 Å². The zero-order chi connectivity index (χ0) is 17.0. The maximum Gasteiger partial charge on any atom is 0.193 e. The number of para-hydroxylation sites is 1. The summed E-state index contributed by atoms with van der Waals surface area (Å²) in [5.74, 6) is 1.72. The van der Waals surface area contributed by atoms with E-state index in [1.165, 1.54) is 5.69 Å². The Kier molecular flexibility index (Phi) is 5.28. The summed E-state index contributed by atoms with van der Waals surface area (Å²) in [6, 6.07) is 10.5. The average Bonchev–Trinajstić information content (AvgIpc) is 2.96. The number of guanidine groups is 1. The summed E-state index contributed by atoms with van der Waals surface area (Å²) in [7, 11) is -1.02. The van der Waals surface area contributed by atoms with Gasteiger partial charge in [-0.1, -0.05) is 18.2 Å². The normalized spacial score (nSPS) is 24.2. The van der Waals surface area contributed by atoms with Gasteiger partial charge >= 0.3 is 0 Å². The molecule has 3 rings (SSSR count). The van der Waals surface area contributed by atoms with Crippen molar-refractivity contribution < 1.29 is 8.42 Å². The van der Waals surface area contributed by atoms with Crippen molar-refractivity contribution in [2.45, 2.75) is 6.42 Å². The summed E-state index contributed by atoms with van der Waals surface area (Å²) in [4.78, 5) is 9.01. The van der Waals surface area contributed by atoms with Crippen LogP contribution < -0.4 is 10.2 Å². The zero-order valence-corrected chi connectivity index (χ0v) is 15.0. The molecule has 0 amide bonds. The summed E-state index contributed by atoms with van der Waals surface area (Å²) in [5, 5.41) is 3.37. The largest absolute Gasteiger partial charge is 0.368 e. The Morgan fingerprint density at radius 3 is 2.50 bits per heavy atom. The molecule has 0 bridgehead atoms. The minimum Gasteiger partial charge on any atom is -0.368 e. The molecular formula is C17H26N4O2S. The number of rotatable bonds is 3. The molecule has 2 aliphatic rings. The van der Waals surface area contributed by atoms with Crippen LogP contribution in [-0.2, 0) is 9.84 Å². The summed E-state index contributed by atoms with van der Waals surface area (Å²) < 4.78 is 23.1. The lowest BCUT2D eigenvalue weighted by Gasteiger charge is -2.37. The van der Waals surface area contributed by atoms with Gasteiger partial charge in [0.05, 0.1) is 11.5 Å². The fraction of sp³-hybridized carbons (Fsp3) is 0.588. The van der Waals surface area contributed by atoms with Crippen LogP contribution in [0.2, 0.25) is 0 Å². The molecule has 2 heterocycles. The molecule has 0 aliphatic carbocycles. The van der Waals surface area contributed by atoms with E-state index < -0.39 is 9.84 Å². The van der Waals surface area contributed by atoms with Gasteiger partial charge in [0.2, 0.25) is 0 Å². The van der Waals surface area contributed by atoms with E-state index in [2.05, 4.69) is 44.4 Å². The maximum absolute atomic E-state index is 11.6. The molecule has 2 fully saturated rings. The number of hydrogen-bond acceptors (Lipinski definition) is 4. The van der Waals surface area contributed by atoms with Gasteiger partial charge in [-0.2, -0.15) is 0 Å². The van der Waals surface area contributed by atoms with Crippen LogP contribution in [0, 0.1) is 5.92 Å². The van der Waals surface area contributed by atoms with Crippen LogP contribution in [0.1, 0.15) is 6.42 Å². The number of aliphatic imine (C=N–C) groups is 1. The van der Waals surface area contributed by atoms with Crippen LogP contribution in [0.15, 0.2) is 35.3 Å². The van der Waals surface area contributed by atoms with Gasteiger partial charge in [-0.25, -0.2) is 8.42 Å². The number of nitrogens with one attached hydrogen (secondary N) is 1. The SMILES string of the molecule is CN=C(NCC1CCS(=O)(=O)C1)N1CCN(c2ccccc2)CC1. The fourth-order valence-electron chi connectivity index (χ4n) is 3.42. The predicted octanol–water partition coefficient (Wildman–Crippen LogP) is 0.819. The van der Waals surface area contributed by atoms with Crippen LogP contribution in [0.25, 0.3) is 0 Å². The fourth-order valence-corrected chi connectivity index (χ4v) is 5.28. The molecule has 1 N–H and O–H groups in total.